The smallest absolute Gasteiger partial charge is 0.406 e. The van der Waals surface area contributed by atoms with Gasteiger partial charge in [0.2, 0.25) is 0 Å². The van der Waals surface area contributed by atoms with Gasteiger partial charge >= 0.3 is 6.36 Å². The zero-order valence-corrected chi connectivity index (χ0v) is 22.6. The molecule has 1 aromatic heterocycles. The lowest BCUT2D eigenvalue weighted by Crippen LogP contribution is -2.33. The first-order chi connectivity index (χ1) is 18.7. The highest BCUT2D eigenvalue weighted by Gasteiger charge is 2.32. The lowest BCUT2D eigenvalue weighted by Gasteiger charge is -2.31. The molecule has 0 aliphatic carbocycles. The molecule has 0 N–H and O–H groups in total. The van der Waals surface area contributed by atoms with Gasteiger partial charge in [-0.3, -0.25) is 14.7 Å². The fraction of sp³-hybridized carbons (Fsp3) is 0.419. The molecule has 1 aromatic carbocycles. The van der Waals surface area contributed by atoms with Crippen molar-refractivity contribution >= 4 is 5.91 Å². The number of rotatable bonds is 9. The van der Waals surface area contributed by atoms with Crippen molar-refractivity contribution in [1.82, 2.24) is 14.8 Å². The lowest BCUT2D eigenvalue weighted by molar-refractivity contribution is -0.274. The number of carbonyl (C=O) groups excluding carboxylic acids is 1. The number of aromatic nitrogens is 1. The summed E-state index contributed by atoms with van der Waals surface area (Å²) in [5.41, 5.74) is 4.76. The van der Waals surface area contributed by atoms with E-state index in [1.165, 1.54) is 30.5 Å². The Bertz CT molecular complexity index is 1200. The molecule has 0 bridgehead atoms. The molecule has 2 saturated heterocycles. The van der Waals surface area contributed by atoms with Crippen LogP contribution < -0.4 is 4.74 Å². The number of benzene rings is 1. The van der Waals surface area contributed by atoms with Crippen LogP contribution in [-0.4, -0.2) is 46.7 Å². The fourth-order valence-electron chi connectivity index (χ4n) is 5.30. The van der Waals surface area contributed by atoms with E-state index in [1.54, 1.807) is 17.0 Å². The zero-order chi connectivity index (χ0) is 27.8. The van der Waals surface area contributed by atoms with E-state index in [0.29, 0.717) is 24.6 Å². The molecule has 5 nitrogen and oxygen atoms in total. The van der Waals surface area contributed by atoms with Crippen LogP contribution in [0.5, 0.6) is 5.75 Å². The molecule has 0 spiro atoms. The van der Waals surface area contributed by atoms with Gasteiger partial charge in [0, 0.05) is 31.4 Å². The summed E-state index contributed by atoms with van der Waals surface area (Å²) in [6.07, 6.45) is 7.69. The molecule has 0 saturated carbocycles. The molecular formula is C31H36F3N3O2. The molecule has 2 aliphatic heterocycles. The number of piperidine rings is 1. The number of nitrogens with zero attached hydrogens (tertiary/aromatic N) is 3. The van der Waals surface area contributed by atoms with E-state index in [1.807, 2.05) is 38.3 Å². The van der Waals surface area contributed by atoms with Gasteiger partial charge in [0.15, 0.2) is 0 Å². The summed E-state index contributed by atoms with van der Waals surface area (Å²) in [6, 6.07) is 11.7. The summed E-state index contributed by atoms with van der Waals surface area (Å²) < 4.78 is 41.2. The van der Waals surface area contributed by atoms with Crippen LogP contribution in [0.4, 0.5) is 13.2 Å². The summed E-state index contributed by atoms with van der Waals surface area (Å²) in [7, 11) is 0. The van der Waals surface area contributed by atoms with Crippen molar-refractivity contribution in [3.8, 4) is 5.75 Å². The van der Waals surface area contributed by atoms with E-state index in [-0.39, 0.29) is 11.7 Å². The van der Waals surface area contributed by atoms with Gasteiger partial charge in [0.1, 0.15) is 5.75 Å². The number of halogens is 3. The third-order valence-corrected chi connectivity index (χ3v) is 7.43. The highest BCUT2D eigenvalue weighted by molar-refractivity contribution is 6.01. The summed E-state index contributed by atoms with van der Waals surface area (Å²) in [4.78, 5) is 21.7. The van der Waals surface area contributed by atoms with Crippen LogP contribution in [0, 0.1) is 5.92 Å². The van der Waals surface area contributed by atoms with Crippen molar-refractivity contribution in [1.29, 1.82) is 0 Å². The normalized spacial score (nSPS) is 19.9. The topological polar surface area (TPSA) is 45.7 Å². The Balaban J connectivity index is 1.30. The van der Waals surface area contributed by atoms with Gasteiger partial charge in [0.05, 0.1) is 5.69 Å². The molecular weight excluding hydrogens is 503 g/mol. The molecule has 4 rings (SSSR count). The quantitative estimate of drug-likeness (QED) is 0.328. The Kier molecular flexibility index (Phi) is 9.62. The number of ether oxygens (including phenoxy) is 1. The molecule has 2 fully saturated rings. The fourth-order valence-corrected chi connectivity index (χ4v) is 5.30. The molecule has 1 amide bonds. The number of amides is 1. The van der Waals surface area contributed by atoms with Crippen LogP contribution >= 0.6 is 0 Å². The van der Waals surface area contributed by atoms with Crippen LogP contribution in [0.3, 0.4) is 0 Å². The summed E-state index contributed by atoms with van der Waals surface area (Å²) in [5.74, 6) is 0.353. The third-order valence-electron chi connectivity index (χ3n) is 7.43. The molecule has 2 aliphatic rings. The van der Waals surface area contributed by atoms with E-state index in [2.05, 4.69) is 32.8 Å². The van der Waals surface area contributed by atoms with Crippen molar-refractivity contribution in [2.24, 2.45) is 5.92 Å². The Morgan fingerprint density at radius 3 is 2.44 bits per heavy atom. The van der Waals surface area contributed by atoms with Crippen LogP contribution in [0.2, 0.25) is 0 Å². The predicted molar refractivity (Wildman–Crippen MR) is 146 cm³/mol. The number of carbonyl (C=O) groups is 1. The number of allylic oxidation sites excluding steroid dienone is 4. The van der Waals surface area contributed by atoms with Crippen molar-refractivity contribution in [2.45, 2.75) is 59.0 Å². The molecule has 8 heteroatoms. The maximum absolute atomic E-state index is 13.1. The van der Waals surface area contributed by atoms with Crippen LogP contribution in [0.15, 0.2) is 83.6 Å². The SMILES string of the molecule is C\C=C(/C=C1/CN(Cc2ccc(OC(F)(F)F)cc2)C(=O)/C1=C\C)CCC1CCN(Cc2ccccn2)CC1. The second-order valence-electron chi connectivity index (χ2n) is 10.2. The van der Waals surface area contributed by atoms with E-state index in [4.69, 9.17) is 0 Å². The molecule has 0 atom stereocenters. The molecule has 0 radical (unpaired) electrons. The second-order valence-corrected chi connectivity index (χ2v) is 10.2. The standard InChI is InChI=1S/C31H36F3N3O2/c1-3-23(8-9-24-14-17-36(18-15-24)22-27-7-5-6-16-35-27)19-26-21-37(30(38)29(26)4-2)20-25-10-12-28(13-11-25)39-31(32,33)34/h3-7,10-13,16,19,24H,8-9,14-15,17-18,20-22H2,1-2H3/b23-3-,26-19-,29-4-. The van der Waals surface area contributed by atoms with Crippen molar-refractivity contribution in [2.75, 3.05) is 19.6 Å². The van der Waals surface area contributed by atoms with Crippen LogP contribution in [0.25, 0.3) is 0 Å². The van der Waals surface area contributed by atoms with E-state index in [9.17, 15) is 18.0 Å². The van der Waals surface area contributed by atoms with Crippen LogP contribution in [0.1, 0.15) is 50.8 Å². The minimum atomic E-state index is -4.73. The van der Waals surface area contributed by atoms with E-state index >= 15 is 0 Å². The average molecular weight is 540 g/mol. The summed E-state index contributed by atoms with van der Waals surface area (Å²) in [5, 5.41) is 0. The molecule has 208 valence electrons. The minimum absolute atomic E-state index is 0.0601. The zero-order valence-electron chi connectivity index (χ0n) is 22.6. The van der Waals surface area contributed by atoms with Gasteiger partial charge in [-0.05, 0) is 93.9 Å². The maximum Gasteiger partial charge on any atom is 0.573 e. The molecule has 0 unspecified atom stereocenters. The molecule has 39 heavy (non-hydrogen) atoms. The number of alkyl halides is 3. The van der Waals surface area contributed by atoms with Crippen molar-refractivity contribution in [3.63, 3.8) is 0 Å². The number of likely N-dealkylation sites (tertiary alicyclic amines) is 2. The highest BCUT2D eigenvalue weighted by Crippen LogP contribution is 2.30. The molecule has 3 heterocycles. The first-order valence-corrected chi connectivity index (χ1v) is 13.5. The van der Waals surface area contributed by atoms with Gasteiger partial charge in [-0.15, -0.1) is 13.2 Å². The molecule has 2 aromatic rings. The maximum atomic E-state index is 13.1. The third kappa shape index (κ3) is 8.30. The predicted octanol–water partition coefficient (Wildman–Crippen LogP) is 6.83. The van der Waals surface area contributed by atoms with Gasteiger partial charge < -0.3 is 9.64 Å². The van der Waals surface area contributed by atoms with Crippen molar-refractivity contribution < 1.29 is 22.7 Å². The second kappa shape index (κ2) is 13.1. The Morgan fingerprint density at radius 2 is 1.82 bits per heavy atom. The summed E-state index contributed by atoms with van der Waals surface area (Å²) in [6.45, 7) is 7.77. The first kappa shape index (κ1) is 28.6. The number of hydrogen-bond donors (Lipinski definition) is 0. The first-order valence-electron chi connectivity index (χ1n) is 13.5. The van der Waals surface area contributed by atoms with Gasteiger partial charge in [-0.1, -0.05) is 42.0 Å². The number of hydrogen-bond acceptors (Lipinski definition) is 4. The van der Waals surface area contributed by atoms with Crippen molar-refractivity contribution in [3.05, 3.63) is 94.9 Å². The Labute approximate surface area is 228 Å². The highest BCUT2D eigenvalue weighted by atomic mass is 19.4. The van der Waals surface area contributed by atoms with E-state index in [0.717, 1.165) is 49.3 Å². The average Bonchev–Trinajstić information content (AvgIpc) is 3.21. The largest absolute Gasteiger partial charge is 0.573 e. The summed E-state index contributed by atoms with van der Waals surface area (Å²) >= 11 is 0. The lowest BCUT2D eigenvalue weighted by atomic mass is 9.89. The van der Waals surface area contributed by atoms with Gasteiger partial charge in [0.25, 0.3) is 5.91 Å². The Morgan fingerprint density at radius 1 is 1.08 bits per heavy atom. The van der Waals surface area contributed by atoms with Crippen LogP contribution in [-0.2, 0) is 17.9 Å². The minimum Gasteiger partial charge on any atom is -0.406 e. The van der Waals surface area contributed by atoms with E-state index < -0.39 is 6.36 Å². The number of pyridine rings is 1. The van der Waals surface area contributed by atoms with Gasteiger partial charge in [-0.2, -0.15) is 0 Å². The monoisotopic (exact) mass is 539 g/mol. The van der Waals surface area contributed by atoms with Gasteiger partial charge in [-0.25, -0.2) is 0 Å². The Hall–Kier alpha value is -3.39.